The molecular formula is C21H19ClFN3O2. The lowest BCUT2D eigenvalue weighted by Crippen LogP contribution is -2.43. The van der Waals surface area contributed by atoms with Crippen molar-refractivity contribution in [3.8, 4) is 5.75 Å². The smallest absolute Gasteiger partial charge is 0.321 e. The van der Waals surface area contributed by atoms with Crippen molar-refractivity contribution in [2.75, 3.05) is 18.4 Å². The van der Waals surface area contributed by atoms with Crippen LogP contribution >= 0.6 is 11.6 Å². The topological polar surface area (TPSA) is 54.5 Å². The summed E-state index contributed by atoms with van der Waals surface area (Å²) in [6.45, 7) is 1.17. The number of anilines is 1. The lowest BCUT2D eigenvalue weighted by Gasteiger charge is -2.32. The number of hydrogen-bond donors (Lipinski definition) is 1. The maximum absolute atomic E-state index is 13.6. The summed E-state index contributed by atoms with van der Waals surface area (Å²) < 4.78 is 19.7. The largest absolute Gasteiger partial charge is 0.490 e. The first-order valence-electron chi connectivity index (χ1n) is 9.11. The van der Waals surface area contributed by atoms with Gasteiger partial charge in [-0.3, -0.25) is 4.98 Å². The fourth-order valence-electron chi connectivity index (χ4n) is 3.29. The van der Waals surface area contributed by atoms with E-state index >= 15 is 0 Å². The molecule has 1 saturated heterocycles. The number of halogens is 2. The second kappa shape index (κ2) is 8.02. The molecule has 3 aromatic rings. The molecule has 1 aliphatic rings. The van der Waals surface area contributed by atoms with Crippen molar-refractivity contribution < 1.29 is 13.9 Å². The number of benzene rings is 2. The van der Waals surface area contributed by atoms with Crippen LogP contribution in [0.3, 0.4) is 0 Å². The van der Waals surface area contributed by atoms with E-state index in [9.17, 15) is 9.18 Å². The summed E-state index contributed by atoms with van der Waals surface area (Å²) in [5, 5.41) is 4.15. The van der Waals surface area contributed by atoms with E-state index in [1.54, 1.807) is 47.5 Å². The fourth-order valence-corrected chi connectivity index (χ4v) is 3.41. The molecule has 0 bridgehead atoms. The van der Waals surface area contributed by atoms with Gasteiger partial charge < -0.3 is 15.0 Å². The van der Waals surface area contributed by atoms with Gasteiger partial charge in [0, 0.05) is 48.2 Å². The number of nitrogens with zero attached hydrogens (tertiary/aromatic N) is 2. The molecule has 2 amide bonds. The molecule has 0 unspecified atom stereocenters. The van der Waals surface area contributed by atoms with Gasteiger partial charge in [0.15, 0.2) is 0 Å². The van der Waals surface area contributed by atoms with Crippen LogP contribution in [0.4, 0.5) is 14.9 Å². The fraction of sp³-hybridized carbons (Fsp3) is 0.238. The summed E-state index contributed by atoms with van der Waals surface area (Å²) in [5.74, 6) is 0.299. The summed E-state index contributed by atoms with van der Waals surface area (Å²) >= 11 is 5.86. The van der Waals surface area contributed by atoms with Crippen LogP contribution in [0.1, 0.15) is 12.8 Å². The minimum absolute atomic E-state index is 0.0338. The second-order valence-corrected chi connectivity index (χ2v) is 7.15. The monoisotopic (exact) mass is 399 g/mol. The van der Waals surface area contributed by atoms with Crippen LogP contribution in [0.25, 0.3) is 10.9 Å². The molecule has 28 heavy (non-hydrogen) atoms. The van der Waals surface area contributed by atoms with Crippen LogP contribution in [-0.4, -0.2) is 35.1 Å². The number of nitrogens with one attached hydrogen (secondary N) is 1. The predicted octanol–water partition coefficient (Wildman–Crippen LogP) is 5.10. The Kier molecular flexibility index (Phi) is 5.30. The molecule has 7 heteroatoms. The van der Waals surface area contributed by atoms with Crippen LogP contribution in [0, 0.1) is 5.82 Å². The van der Waals surface area contributed by atoms with Crippen LogP contribution in [0.5, 0.6) is 5.75 Å². The minimum Gasteiger partial charge on any atom is -0.490 e. The molecule has 4 rings (SSSR count). The molecule has 1 fully saturated rings. The Hall–Kier alpha value is -2.86. The van der Waals surface area contributed by atoms with Gasteiger partial charge in [-0.05, 0) is 48.5 Å². The van der Waals surface area contributed by atoms with Crippen molar-refractivity contribution in [2.24, 2.45) is 0 Å². The summed E-state index contributed by atoms with van der Waals surface area (Å²) in [7, 11) is 0. The van der Waals surface area contributed by atoms with Gasteiger partial charge in [0.25, 0.3) is 0 Å². The molecule has 2 aromatic carbocycles. The molecule has 0 atom stereocenters. The van der Waals surface area contributed by atoms with Gasteiger partial charge in [0.2, 0.25) is 0 Å². The van der Waals surface area contributed by atoms with E-state index in [0.29, 0.717) is 53.3 Å². The highest BCUT2D eigenvalue weighted by Gasteiger charge is 2.24. The molecule has 144 valence electrons. The zero-order valence-corrected chi connectivity index (χ0v) is 15.8. The number of amides is 2. The van der Waals surface area contributed by atoms with E-state index < -0.39 is 0 Å². The Morgan fingerprint density at radius 2 is 1.89 bits per heavy atom. The maximum Gasteiger partial charge on any atom is 0.321 e. The maximum atomic E-state index is 13.6. The number of hydrogen-bond acceptors (Lipinski definition) is 3. The van der Waals surface area contributed by atoms with Crippen LogP contribution in [0.2, 0.25) is 5.02 Å². The zero-order chi connectivity index (χ0) is 19.5. The molecule has 0 aliphatic carbocycles. The van der Waals surface area contributed by atoms with Gasteiger partial charge in [0.1, 0.15) is 17.7 Å². The standard InChI is InChI=1S/C21H19ClFN3O2/c22-14-1-4-16(5-2-14)25-21(27)26-11-8-17(9-12-26)28-20-7-10-24-19-6-3-15(23)13-18(19)20/h1-7,10,13,17H,8-9,11-12H2,(H,25,27). The second-order valence-electron chi connectivity index (χ2n) is 6.71. The number of piperidine rings is 1. The number of ether oxygens (including phenoxy) is 1. The highest BCUT2D eigenvalue weighted by molar-refractivity contribution is 6.30. The average Bonchev–Trinajstić information content (AvgIpc) is 2.71. The number of likely N-dealkylation sites (tertiary alicyclic amines) is 1. The van der Waals surface area contributed by atoms with Crippen molar-refractivity contribution >= 4 is 34.2 Å². The van der Waals surface area contributed by atoms with E-state index in [0.717, 1.165) is 0 Å². The molecule has 1 N–H and O–H groups in total. The summed E-state index contributed by atoms with van der Waals surface area (Å²) in [4.78, 5) is 18.4. The normalized spacial score (nSPS) is 14.9. The first-order chi connectivity index (χ1) is 13.6. The molecule has 5 nitrogen and oxygen atoms in total. The summed E-state index contributed by atoms with van der Waals surface area (Å²) in [5.41, 5.74) is 1.40. The third-order valence-corrected chi connectivity index (χ3v) is 5.03. The Bertz CT molecular complexity index is 989. The van der Waals surface area contributed by atoms with E-state index in [4.69, 9.17) is 16.3 Å². The third-order valence-electron chi connectivity index (χ3n) is 4.78. The van der Waals surface area contributed by atoms with Crippen molar-refractivity contribution in [1.82, 2.24) is 9.88 Å². The van der Waals surface area contributed by atoms with E-state index in [2.05, 4.69) is 10.3 Å². The number of aromatic nitrogens is 1. The number of urea groups is 1. The van der Waals surface area contributed by atoms with Gasteiger partial charge >= 0.3 is 6.03 Å². The predicted molar refractivity (Wildman–Crippen MR) is 107 cm³/mol. The Balaban J connectivity index is 1.36. The highest BCUT2D eigenvalue weighted by Crippen LogP contribution is 2.27. The van der Waals surface area contributed by atoms with Crippen LogP contribution in [-0.2, 0) is 0 Å². The third kappa shape index (κ3) is 4.17. The van der Waals surface area contributed by atoms with E-state index in [1.165, 1.54) is 12.1 Å². The number of rotatable bonds is 3. The average molecular weight is 400 g/mol. The highest BCUT2D eigenvalue weighted by atomic mass is 35.5. The van der Waals surface area contributed by atoms with Gasteiger partial charge in [-0.25, -0.2) is 9.18 Å². The summed E-state index contributed by atoms with van der Waals surface area (Å²) in [6.07, 6.45) is 3.03. The Morgan fingerprint density at radius 1 is 1.14 bits per heavy atom. The number of carbonyl (C=O) groups excluding carboxylic acids is 1. The van der Waals surface area contributed by atoms with Crippen molar-refractivity contribution in [2.45, 2.75) is 18.9 Å². The minimum atomic E-state index is -0.320. The lowest BCUT2D eigenvalue weighted by atomic mass is 10.1. The molecule has 1 aliphatic heterocycles. The molecule has 0 saturated carbocycles. The van der Waals surface area contributed by atoms with Crippen LogP contribution < -0.4 is 10.1 Å². The number of fused-ring (bicyclic) bond motifs is 1. The van der Waals surface area contributed by atoms with Gasteiger partial charge in [0.05, 0.1) is 5.52 Å². The summed E-state index contributed by atoms with van der Waals surface area (Å²) in [6, 6.07) is 13.1. The zero-order valence-electron chi connectivity index (χ0n) is 15.1. The molecule has 2 heterocycles. The first kappa shape index (κ1) is 18.5. The van der Waals surface area contributed by atoms with Crippen molar-refractivity contribution in [3.05, 3.63) is 65.6 Å². The Labute approximate surface area is 167 Å². The molecular weight excluding hydrogens is 381 g/mol. The SMILES string of the molecule is O=C(Nc1ccc(Cl)cc1)N1CCC(Oc2ccnc3ccc(F)cc23)CC1. The van der Waals surface area contributed by atoms with E-state index in [1.807, 2.05) is 0 Å². The van der Waals surface area contributed by atoms with Gasteiger partial charge in [-0.1, -0.05) is 11.6 Å². The molecule has 0 radical (unpaired) electrons. The van der Waals surface area contributed by atoms with Crippen LogP contribution in [0.15, 0.2) is 54.7 Å². The number of carbonyl (C=O) groups is 1. The quantitative estimate of drug-likeness (QED) is 0.666. The molecule has 1 aromatic heterocycles. The first-order valence-corrected chi connectivity index (χ1v) is 9.49. The van der Waals surface area contributed by atoms with Gasteiger partial charge in [-0.2, -0.15) is 0 Å². The van der Waals surface area contributed by atoms with Crippen molar-refractivity contribution in [3.63, 3.8) is 0 Å². The Morgan fingerprint density at radius 3 is 2.64 bits per heavy atom. The molecule has 0 spiro atoms. The lowest BCUT2D eigenvalue weighted by molar-refractivity contribution is 0.117. The van der Waals surface area contributed by atoms with E-state index in [-0.39, 0.29) is 18.0 Å². The van der Waals surface area contributed by atoms with Gasteiger partial charge in [-0.15, -0.1) is 0 Å². The number of pyridine rings is 1. The van der Waals surface area contributed by atoms with Crippen molar-refractivity contribution in [1.29, 1.82) is 0 Å².